The summed E-state index contributed by atoms with van der Waals surface area (Å²) in [4.78, 5) is 12.3. The Hall–Kier alpha value is -3.28. The summed E-state index contributed by atoms with van der Waals surface area (Å²) < 4.78 is 18.5. The number of rotatable bonds is 5. The number of amides is 1. The summed E-state index contributed by atoms with van der Waals surface area (Å²) in [5.74, 6) is 1.54. The number of ether oxygens (including phenoxy) is 1. The topological polar surface area (TPSA) is 62.1 Å². The maximum atomic E-state index is 13.2. The van der Waals surface area contributed by atoms with E-state index < -0.39 is 11.7 Å². The van der Waals surface area contributed by atoms with Crippen LogP contribution in [0.2, 0.25) is 5.02 Å². The molecule has 124 valence electrons. The lowest BCUT2D eigenvalue weighted by Gasteiger charge is -2.08. The number of anilines is 1. The van der Waals surface area contributed by atoms with E-state index in [1.165, 1.54) is 18.2 Å². The summed E-state index contributed by atoms with van der Waals surface area (Å²) in [6, 6.07) is 12.4. The third kappa shape index (κ3) is 4.84. The van der Waals surface area contributed by atoms with Gasteiger partial charge in [0.2, 0.25) is 0 Å². The molecule has 0 spiro atoms. The van der Waals surface area contributed by atoms with Crippen molar-refractivity contribution in [1.82, 2.24) is 0 Å². The van der Waals surface area contributed by atoms with Crippen molar-refractivity contribution in [2.24, 2.45) is 0 Å². The van der Waals surface area contributed by atoms with Gasteiger partial charge < -0.3 is 10.1 Å². The van der Waals surface area contributed by atoms with E-state index in [4.69, 9.17) is 22.8 Å². The molecule has 2 rings (SSSR count). The lowest BCUT2D eigenvalue weighted by atomic mass is 10.1. The lowest BCUT2D eigenvalue weighted by molar-refractivity contribution is -0.112. The van der Waals surface area contributed by atoms with Crippen LogP contribution in [0.25, 0.3) is 6.08 Å². The van der Waals surface area contributed by atoms with E-state index in [-0.39, 0.29) is 22.9 Å². The van der Waals surface area contributed by atoms with Crippen molar-refractivity contribution in [2.45, 2.75) is 0 Å². The molecular weight excluding hydrogens is 343 g/mol. The van der Waals surface area contributed by atoms with Gasteiger partial charge in [-0.1, -0.05) is 35.7 Å². The molecule has 0 heterocycles. The molecule has 0 aromatic heterocycles. The number of nitrogens with one attached hydrogen (secondary N) is 1. The second-order valence-electron chi connectivity index (χ2n) is 4.78. The predicted octanol–water partition coefficient (Wildman–Crippen LogP) is 4.04. The number of halogens is 2. The molecule has 0 aliphatic carbocycles. The molecule has 0 atom stereocenters. The monoisotopic (exact) mass is 354 g/mol. The molecule has 2 aromatic carbocycles. The number of hydrogen-bond donors (Lipinski definition) is 1. The van der Waals surface area contributed by atoms with Crippen molar-refractivity contribution >= 4 is 29.3 Å². The molecule has 2 aromatic rings. The molecule has 0 radical (unpaired) electrons. The first kappa shape index (κ1) is 18.1. The molecule has 0 saturated carbocycles. The maximum Gasteiger partial charge on any atom is 0.266 e. The minimum absolute atomic E-state index is 0.0625. The van der Waals surface area contributed by atoms with E-state index in [2.05, 4.69) is 11.2 Å². The molecule has 1 N–H and O–H groups in total. The Morgan fingerprint density at radius 3 is 2.80 bits per heavy atom. The van der Waals surface area contributed by atoms with E-state index in [1.54, 1.807) is 24.3 Å². The fourth-order valence-corrected chi connectivity index (χ4v) is 2.11. The van der Waals surface area contributed by atoms with Gasteiger partial charge in [0.25, 0.3) is 5.91 Å². The molecule has 1 amide bonds. The Kier molecular flexibility index (Phi) is 6.17. The average Bonchev–Trinajstić information content (AvgIpc) is 2.61. The van der Waals surface area contributed by atoms with Crippen molar-refractivity contribution in [3.63, 3.8) is 0 Å². The predicted molar refractivity (Wildman–Crippen MR) is 94.4 cm³/mol. The maximum absolute atomic E-state index is 13.2. The van der Waals surface area contributed by atoms with Crippen LogP contribution in [-0.2, 0) is 4.79 Å². The largest absolute Gasteiger partial charge is 0.480 e. The average molecular weight is 355 g/mol. The van der Waals surface area contributed by atoms with Crippen LogP contribution >= 0.6 is 11.6 Å². The van der Waals surface area contributed by atoms with Crippen LogP contribution < -0.4 is 10.1 Å². The van der Waals surface area contributed by atoms with Crippen LogP contribution in [0.15, 0.2) is 48.0 Å². The van der Waals surface area contributed by atoms with Gasteiger partial charge in [-0.05, 0) is 30.3 Å². The summed E-state index contributed by atoms with van der Waals surface area (Å²) in [6.45, 7) is 0.0625. The SMILES string of the molecule is C#CCOc1ccccc1/C=C(\C#N)C(=O)Nc1ccc(F)c(Cl)c1. The Labute approximate surface area is 149 Å². The number of carbonyl (C=O) groups is 1. The molecule has 0 saturated heterocycles. The highest BCUT2D eigenvalue weighted by molar-refractivity contribution is 6.31. The van der Waals surface area contributed by atoms with E-state index in [9.17, 15) is 14.4 Å². The van der Waals surface area contributed by atoms with Gasteiger partial charge in [-0.3, -0.25) is 4.79 Å². The van der Waals surface area contributed by atoms with Gasteiger partial charge in [0.15, 0.2) is 0 Å². The fraction of sp³-hybridized carbons (Fsp3) is 0.0526. The zero-order valence-electron chi connectivity index (χ0n) is 12.9. The summed E-state index contributed by atoms with van der Waals surface area (Å²) in [5, 5.41) is 11.6. The molecule has 0 fully saturated rings. The minimum Gasteiger partial charge on any atom is -0.480 e. The van der Waals surface area contributed by atoms with Gasteiger partial charge in [0, 0.05) is 11.3 Å². The van der Waals surface area contributed by atoms with Crippen LogP contribution in [-0.4, -0.2) is 12.5 Å². The molecular formula is C19H12ClFN2O2. The molecule has 6 heteroatoms. The summed E-state index contributed by atoms with van der Waals surface area (Å²) in [5.41, 5.74) is 0.646. The van der Waals surface area contributed by atoms with Gasteiger partial charge >= 0.3 is 0 Å². The number of benzene rings is 2. The summed E-state index contributed by atoms with van der Waals surface area (Å²) >= 11 is 5.67. The Morgan fingerprint density at radius 2 is 2.12 bits per heavy atom. The third-order valence-electron chi connectivity index (χ3n) is 3.07. The Bertz CT molecular complexity index is 910. The normalized spacial score (nSPS) is 10.5. The second-order valence-corrected chi connectivity index (χ2v) is 5.19. The van der Waals surface area contributed by atoms with Gasteiger partial charge in [-0.15, -0.1) is 6.42 Å². The highest BCUT2D eigenvalue weighted by Crippen LogP contribution is 2.22. The number of nitriles is 1. The number of hydrogen-bond acceptors (Lipinski definition) is 3. The standard InChI is InChI=1S/C19H12ClFN2O2/c1-2-9-25-18-6-4-3-5-13(18)10-14(12-22)19(24)23-15-7-8-17(21)16(20)11-15/h1,3-8,10-11H,9H2,(H,23,24)/b14-10+. The number of carbonyl (C=O) groups excluding carboxylic acids is 1. The Balaban J connectivity index is 2.25. The third-order valence-corrected chi connectivity index (χ3v) is 3.36. The highest BCUT2D eigenvalue weighted by atomic mass is 35.5. The Morgan fingerprint density at radius 1 is 1.36 bits per heavy atom. The van der Waals surface area contributed by atoms with Crippen LogP contribution in [0, 0.1) is 29.5 Å². The number of terminal acetylenes is 1. The van der Waals surface area contributed by atoms with Crippen molar-refractivity contribution in [1.29, 1.82) is 5.26 Å². The number of nitrogens with zero attached hydrogens (tertiary/aromatic N) is 1. The van der Waals surface area contributed by atoms with E-state index in [1.807, 2.05) is 6.07 Å². The molecule has 0 unspecified atom stereocenters. The first-order valence-electron chi connectivity index (χ1n) is 7.08. The van der Waals surface area contributed by atoms with Gasteiger partial charge in [-0.25, -0.2) is 4.39 Å². The zero-order chi connectivity index (χ0) is 18.2. The first-order valence-corrected chi connectivity index (χ1v) is 7.46. The lowest BCUT2D eigenvalue weighted by Crippen LogP contribution is -2.13. The van der Waals surface area contributed by atoms with E-state index >= 15 is 0 Å². The summed E-state index contributed by atoms with van der Waals surface area (Å²) in [7, 11) is 0. The summed E-state index contributed by atoms with van der Waals surface area (Å²) in [6.07, 6.45) is 6.55. The van der Waals surface area contributed by atoms with Crippen molar-refractivity contribution in [3.8, 4) is 24.2 Å². The second kappa shape index (κ2) is 8.54. The smallest absolute Gasteiger partial charge is 0.266 e. The first-order chi connectivity index (χ1) is 12.0. The van der Waals surface area contributed by atoms with E-state index in [0.717, 1.165) is 6.07 Å². The van der Waals surface area contributed by atoms with Crippen molar-refractivity contribution in [3.05, 3.63) is 64.4 Å². The van der Waals surface area contributed by atoms with Crippen molar-refractivity contribution < 1.29 is 13.9 Å². The van der Waals surface area contributed by atoms with Crippen LogP contribution in [0.5, 0.6) is 5.75 Å². The molecule has 4 nitrogen and oxygen atoms in total. The molecule has 25 heavy (non-hydrogen) atoms. The minimum atomic E-state index is -0.656. The van der Waals surface area contributed by atoms with E-state index in [0.29, 0.717) is 11.3 Å². The van der Waals surface area contributed by atoms with Crippen LogP contribution in [0.4, 0.5) is 10.1 Å². The van der Waals surface area contributed by atoms with Gasteiger partial charge in [0.05, 0.1) is 5.02 Å². The molecule has 0 bridgehead atoms. The molecule has 0 aliphatic rings. The van der Waals surface area contributed by atoms with Crippen LogP contribution in [0.3, 0.4) is 0 Å². The highest BCUT2D eigenvalue weighted by Gasteiger charge is 2.12. The quantitative estimate of drug-likeness (QED) is 0.501. The fourth-order valence-electron chi connectivity index (χ4n) is 1.93. The van der Waals surface area contributed by atoms with Crippen LogP contribution in [0.1, 0.15) is 5.56 Å². The van der Waals surface area contributed by atoms with Crippen molar-refractivity contribution in [2.75, 3.05) is 11.9 Å². The van der Waals surface area contributed by atoms with Gasteiger partial charge in [-0.2, -0.15) is 5.26 Å². The molecule has 0 aliphatic heterocycles. The number of para-hydroxylation sites is 1. The zero-order valence-corrected chi connectivity index (χ0v) is 13.7. The van der Waals surface area contributed by atoms with Gasteiger partial charge in [0.1, 0.15) is 29.8 Å².